The third-order valence-corrected chi connectivity index (χ3v) is 3.31. The van der Waals surface area contributed by atoms with Crippen LogP contribution in [0.25, 0.3) is 0 Å². The monoisotopic (exact) mass is 308 g/mol. The van der Waals surface area contributed by atoms with Gasteiger partial charge in [0, 0.05) is 12.2 Å². The van der Waals surface area contributed by atoms with Gasteiger partial charge in [-0.25, -0.2) is 0 Å². The zero-order valence-corrected chi connectivity index (χ0v) is 12.9. The number of benzene rings is 2. The average Bonchev–Trinajstić information content (AvgIpc) is 2.59. The molecule has 23 heavy (non-hydrogen) atoms. The van der Waals surface area contributed by atoms with E-state index in [1.165, 1.54) is 0 Å². The summed E-state index contributed by atoms with van der Waals surface area (Å²) in [6, 6.07) is 19.1. The predicted octanol–water partition coefficient (Wildman–Crippen LogP) is 2.91. The first kappa shape index (κ1) is 16.5. The fourth-order valence-corrected chi connectivity index (χ4v) is 2.18. The molecule has 118 valence electrons. The smallest absolute Gasteiger partial charge is 0.236 e. The molecule has 0 saturated heterocycles. The number of hydrogen-bond acceptors (Lipinski definition) is 2. The largest absolute Gasteiger partial charge is 0.352 e. The summed E-state index contributed by atoms with van der Waals surface area (Å²) in [4.78, 5) is 26.0. The van der Waals surface area contributed by atoms with E-state index in [1.807, 2.05) is 60.7 Å². The van der Waals surface area contributed by atoms with Gasteiger partial charge in [-0.2, -0.15) is 0 Å². The van der Waals surface area contributed by atoms with Crippen LogP contribution in [0.3, 0.4) is 0 Å². The lowest BCUT2D eigenvalue weighted by atomic mass is 10.2. The number of nitrogens with zero attached hydrogens (tertiary/aromatic N) is 1. The molecule has 0 saturated carbocycles. The van der Waals surface area contributed by atoms with Gasteiger partial charge in [0.15, 0.2) is 0 Å². The Hall–Kier alpha value is -2.88. The molecule has 2 rings (SSSR count). The Bertz CT molecular complexity index is 654. The number of anilines is 1. The zero-order valence-electron chi connectivity index (χ0n) is 12.9. The molecule has 0 aliphatic heterocycles. The first-order valence-electron chi connectivity index (χ1n) is 7.47. The molecule has 2 amide bonds. The summed E-state index contributed by atoms with van der Waals surface area (Å²) >= 11 is 0. The van der Waals surface area contributed by atoms with E-state index < -0.39 is 0 Å². The molecule has 4 heteroatoms. The lowest BCUT2D eigenvalue weighted by Gasteiger charge is -2.23. The van der Waals surface area contributed by atoms with Crippen LogP contribution in [0.1, 0.15) is 12.0 Å². The highest BCUT2D eigenvalue weighted by Gasteiger charge is 2.19. The van der Waals surface area contributed by atoms with E-state index in [9.17, 15) is 9.59 Å². The minimum absolute atomic E-state index is 0.185. The van der Waals surface area contributed by atoms with Crippen molar-refractivity contribution in [1.82, 2.24) is 5.32 Å². The van der Waals surface area contributed by atoms with E-state index >= 15 is 0 Å². The first-order valence-corrected chi connectivity index (χ1v) is 7.47. The SMILES string of the molecule is C=CCNC(=O)CC(=O)N(Cc1ccccc1)c1ccccc1. The molecule has 0 radical (unpaired) electrons. The zero-order chi connectivity index (χ0) is 16.5. The lowest BCUT2D eigenvalue weighted by Crippen LogP contribution is -2.35. The molecule has 2 aromatic carbocycles. The summed E-state index contributed by atoms with van der Waals surface area (Å²) in [6.45, 7) is 4.33. The van der Waals surface area contributed by atoms with Gasteiger partial charge in [-0.1, -0.05) is 54.6 Å². The number of rotatable bonds is 7. The van der Waals surface area contributed by atoms with Crippen LogP contribution < -0.4 is 10.2 Å². The molecular weight excluding hydrogens is 288 g/mol. The molecule has 0 heterocycles. The van der Waals surface area contributed by atoms with Crippen molar-refractivity contribution in [2.75, 3.05) is 11.4 Å². The topological polar surface area (TPSA) is 49.4 Å². The molecule has 0 aliphatic rings. The van der Waals surface area contributed by atoms with Crippen molar-refractivity contribution < 1.29 is 9.59 Å². The quantitative estimate of drug-likeness (QED) is 0.631. The molecule has 0 aromatic heterocycles. The maximum atomic E-state index is 12.6. The van der Waals surface area contributed by atoms with Gasteiger partial charge in [0.1, 0.15) is 6.42 Å². The Morgan fingerprint density at radius 2 is 1.61 bits per heavy atom. The summed E-state index contributed by atoms with van der Waals surface area (Å²) in [5.74, 6) is -0.537. The second kappa shape index (κ2) is 8.54. The Morgan fingerprint density at radius 1 is 1.00 bits per heavy atom. The highest BCUT2D eigenvalue weighted by Crippen LogP contribution is 2.18. The van der Waals surface area contributed by atoms with Crippen LogP contribution >= 0.6 is 0 Å². The second-order valence-electron chi connectivity index (χ2n) is 5.07. The number of para-hydroxylation sites is 1. The second-order valence-corrected chi connectivity index (χ2v) is 5.07. The third-order valence-electron chi connectivity index (χ3n) is 3.31. The van der Waals surface area contributed by atoms with E-state index in [0.717, 1.165) is 11.3 Å². The maximum Gasteiger partial charge on any atom is 0.236 e. The van der Waals surface area contributed by atoms with Crippen LogP contribution in [0, 0.1) is 0 Å². The molecule has 0 atom stereocenters. The molecular formula is C19H20N2O2. The Labute approximate surface area is 136 Å². The van der Waals surface area contributed by atoms with Gasteiger partial charge in [0.25, 0.3) is 0 Å². The number of carbonyl (C=O) groups is 2. The van der Waals surface area contributed by atoms with Crippen LogP contribution in [-0.4, -0.2) is 18.4 Å². The highest BCUT2D eigenvalue weighted by atomic mass is 16.2. The van der Waals surface area contributed by atoms with Crippen molar-refractivity contribution in [1.29, 1.82) is 0 Å². The van der Waals surface area contributed by atoms with Crippen LogP contribution in [0.2, 0.25) is 0 Å². The van der Waals surface area contributed by atoms with Gasteiger partial charge in [-0.15, -0.1) is 6.58 Å². The standard InChI is InChI=1S/C19H20N2O2/c1-2-13-20-18(22)14-19(23)21(17-11-7-4-8-12-17)15-16-9-5-3-6-10-16/h2-12H,1,13-15H2,(H,20,22). The number of carbonyl (C=O) groups excluding carboxylic acids is 2. The van der Waals surface area contributed by atoms with E-state index in [1.54, 1.807) is 11.0 Å². The molecule has 0 bridgehead atoms. The van der Waals surface area contributed by atoms with Gasteiger partial charge in [-0.05, 0) is 17.7 Å². The van der Waals surface area contributed by atoms with Crippen molar-refractivity contribution in [2.45, 2.75) is 13.0 Å². The summed E-state index contributed by atoms with van der Waals surface area (Å²) in [5, 5.41) is 2.63. The first-order chi connectivity index (χ1) is 11.2. The molecule has 0 unspecified atom stereocenters. The Morgan fingerprint density at radius 3 is 2.22 bits per heavy atom. The number of amides is 2. The van der Waals surface area contributed by atoms with E-state index in [4.69, 9.17) is 0 Å². The van der Waals surface area contributed by atoms with Crippen LogP contribution in [0.5, 0.6) is 0 Å². The van der Waals surface area contributed by atoms with Crippen LogP contribution in [-0.2, 0) is 16.1 Å². The molecule has 0 aliphatic carbocycles. The van der Waals surface area contributed by atoms with E-state index in [0.29, 0.717) is 13.1 Å². The average molecular weight is 308 g/mol. The highest BCUT2D eigenvalue weighted by molar-refractivity contribution is 6.04. The van der Waals surface area contributed by atoms with Gasteiger partial charge in [0.05, 0.1) is 6.54 Å². The van der Waals surface area contributed by atoms with Crippen molar-refractivity contribution in [3.05, 3.63) is 78.9 Å². The van der Waals surface area contributed by atoms with Gasteiger partial charge in [0.2, 0.25) is 11.8 Å². The molecule has 4 nitrogen and oxygen atoms in total. The van der Waals surface area contributed by atoms with Crippen molar-refractivity contribution in [2.24, 2.45) is 0 Å². The van der Waals surface area contributed by atoms with Gasteiger partial charge < -0.3 is 10.2 Å². The molecule has 2 aromatic rings. The fourth-order valence-electron chi connectivity index (χ4n) is 2.18. The fraction of sp³-hybridized carbons (Fsp3) is 0.158. The lowest BCUT2D eigenvalue weighted by molar-refractivity contribution is -0.127. The third kappa shape index (κ3) is 5.11. The molecule has 0 spiro atoms. The maximum absolute atomic E-state index is 12.6. The van der Waals surface area contributed by atoms with E-state index in [2.05, 4.69) is 11.9 Å². The Kier molecular flexibility index (Phi) is 6.12. The normalized spacial score (nSPS) is 9.91. The number of nitrogens with one attached hydrogen (secondary N) is 1. The van der Waals surface area contributed by atoms with Gasteiger partial charge in [-0.3, -0.25) is 9.59 Å². The molecule has 1 N–H and O–H groups in total. The number of hydrogen-bond donors (Lipinski definition) is 1. The van der Waals surface area contributed by atoms with Crippen LogP contribution in [0.15, 0.2) is 73.3 Å². The van der Waals surface area contributed by atoms with Crippen molar-refractivity contribution in [3.8, 4) is 0 Å². The summed E-state index contributed by atoms with van der Waals surface area (Å²) in [6.07, 6.45) is 1.40. The van der Waals surface area contributed by atoms with Crippen molar-refractivity contribution in [3.63, 3.8) is 0 Å². The van der Waals surface area contributed by atoms with Crippen molar-refractivity contribution >= 4 is 17.5 Å². The van der Waals surface area contributed by atoms with Crippen LogP contribution in [0.4, 0.5) is 5.69 Å². The Balaban J connectivity index is 2.14. The summed E-state index contributed by atoms with van der Waals surface area (Å²) in [5.41, 5.74) is 1.79. The summed E-state index contributed by atoms with van der Waals surface area (Å²) in [7, 11) is 0. The minimum Gasteiger partial charge on any atom is -0.352 e. The molecule has 0 fully saturated rings. The van der Waals surface area contributed by atoms with E-state index in [-0.39, 0.29) is 18.2 Å². The minimum atomic E-state index is -0.302. The predicted molar refractivity (Wildman–Crippen MR) is 91.9 cm³/mol. The summed E-state index contributed by atoms with van der Waals surface area (Å²) < 4.78 is 0. The van der Waals surface area contributed by atoms with Gasteiger partial charge >= 0.3 is 0 Å².